The molecule has 3 nitrogen and oxygen atoms in total. The lowest BCUT2D eigenvalue weighted by Gasteiger charge is -2.09. The van der Waals surface area contributed by atoms with Gasteiger partial charge >= 0.3 is 0 Å². The standard InChI is InChI=1S/C23H15BrF3NO2/c24-18-12-16(8-10-19(18)25)29-15-6-4-14(5-7-15)28-13-17-9-11-22(30-17)23-20(26)2-1-3-21(23)27/h1-12,28H,13H2. The Hall–Kier alpha value is -3.19. The number of hydrogen-bond acceptors (Lipinski definition) is 3. The van der Waals surface area contributed by atoms with Crippen molar-refractivity contribution in [3.05, 3.63) is 100 Å². The maximum absolute atomic E-state index is 13.9. The summed E-state index contributed by atoms with van der Waals surface area (Å²) in [5, 5.41) is 3.17. The van der Waals surface area contributed by atoms with Gasteiger partial charge in [-0.2, -0.15) is 0 Å². The number of hydrogen-bond donors (Lipinski definition) is 1. The molecule has 1 N–H and O–H groups in total. The second-order valence-corrected chi connectivity index (χ2v) is 7.27. The van der Waals surface area contributed by atoms with Crippen LogP contribution in [0.2, 0.25) is 0 Å². The molecule has 4 rings (SSSR count). The fraction of sp³-hybridized carbons (Fsp3) is 0.0435. The van der Waals surface area contributed by atoms with Gasteiger partial charge in [-0.25, -0.2) is 13.2 Å². The maximum atomic E-state index is 13.9. The van der Waals surface area contributed by atoms with E-state index in [4.69, 9.17) is 9.15 Å². The highest BCUT2D eigenvalue weighted by Crippen LogP contribution is 2.29. The van der Waals surface area contributed by atoms with Gasteiger partial charge in [-0.15, -0.1) is 0 Å². The third-order valence-corrected chi connectivity index (χ3v) is 4.93. The van der Waals surface area contributed by atoms with Crippen molar-refractivity contribution in [2.45, 2.75) is 6.54 Å². The summed E-state index contributed by atoms with van der Waals surface area (Å²) in [6.07, 6.45) is 0. The van der Waals surface area contributed by atoms with E-state index in [1.165, 1.54) is 30.3 Å². The SMILES string of the molecule is Fc1ccc(Oc2ccc(NCc3ccc(-c4c(F)cccc4F)o3)cc2)cc1Br. The van der Waals surface area contributed by atoms with Crippen LogP contribution in [0.3, 0.4) is 0 Å². The van der Waals surface area contributed by atoms with Gasteiger partial charge in [0.25, 0.3) is 0 Å². The minimum absolute atomic E-state index is 0.136. The number of benzene rings is 3. The molecule has 0 radical (unpaired) electrons. The number of anilines is 1. The van der Waals surface area contributed by atoms with Crippen LogP contribution in [0.15, 0.2) is 81.7 Å². The molecular weight excluding hydrogens is 459 g/mol. The van der Waals surface area contributed by atoms with E-state index >= 15 is 0 Å². The summed E-state index contributed by atoms with van der Waals surface area (Å²) in [7, 11) is 0. The van der Waals surface area contributed by atoms with Crippen molar-refractivity contribution in [2.24, 2.45) is 0 Å². The van der Waals surface area contributed by atoms with Gasteiger partial charge in [-0.3, -0.25) is 0 Å². The summed E-state index contributed by atoms with van der Waals surface area (Å²) < 4.78 is 52.7. The molecule has 1 heterocycles. The molecule has 3 aromatic carbocycles. The Morgan fingerprint density at radius 2 is 1.50 bits per heavy atom. The molecule has 0 aliphatic rings. The predicted molar refractivity (Wildman–Crippen MR) is 112 cm³/mol. The van der Waals surface area contributed by atoms with E-state index in [1.807, 2.05) is 12.1 Å². The molecule has 0 atom stereocenters. The van der Waals surface area contributed by atoms with Crippen LogP contribution in [-0.2, 0) is 6.54 Å². The van der Waals surface area contributed by atoms with Crippen molar-refractivity contribution in [2.75, 3.05) is 5.32 Å². The molecular formula is C23H15BrF3NO2. The Labute approximate surface area is 179 Å². The first-order chi connectivity index (χ1) is 14.5. The summed E-state index contributed by atoms with van der Waals surface area (Å²) in [5.74, 6) is 0.0589. The predicted octanol–water partition coefficient (Wildman–Crippen LogP) is 7.53. The van der Waals surface area contributed by atoms with Crippen molar-refractivity contribution in [3.8, 4) is 22.8 Å². The molecule has 0 saturated carbocycles. The molecule has 152 valence electrons. The van der Waals surface area contributed by atoms with E-state index in [0.717, 1.165) is 5.69 Å². The molecule has 1 aromatic heterocycles. The van der Waals surface area contributed by atoms with Gasteiger partial charge in [0.15, 0.2) is 0 Å². The summed E-state index contributed by atoms with van der Waals surface area (Å²) in [6, 6.07) is 18.5. The van der Waals surface area contributed by atoms with Gasteiger partial charge in [0, 0.05) is 5.69 Å². The van der Waals surface area contributed by atoms with Gasteiger partial charge in [-0.05, 0) is 82.7 Å². The van der Waals surface area contributed by atoms with E-state index in [1.54, 1.807) is 30.3 Å². The van der Waals surface area contributed by atoms with Crippen LogP contribution < -0.4 is 10.1 Å². The minimum Gasteiger partial charge on any atom is -0.459 e. The lowest BCUT2D eigenvalue weighted by atomic mass is 10.1. The molecule has 30 heavy (non-hydrogen) atoms. The summed E-state index contributed by atoms with van der Waals surface area (Å²) in [5.41, 5.74) is 0.621. The Morgan fingerprint density at radius 1 is 0.800 bits per heavy atom. The van der Waals surface area contributed by atoms with Crippen LogP contribution in [0.1, 0.15) is 5.76 Å². The third-order valence-electron chi connectivity index (χ3n) is 4.32. The van der Waals surface area contributed by atoms with Crippen LogP contribution in [0.5, 0.6) is 11.5 Å². The second kappa shape index (κ2) is 8.67. The Kier molecular flexibility index (Phi) is 5.81. The lowest BCUT2D eigenvalue weighted by Crippen LogP contribution is -1.97. The average Bonchev–Trinajstić information content (AvgIpc) is 3.19. The maximum Gasteiger partial charge on any atom is 0.140 e. The molecule has 0 amide bonds. The van der Waals surface area contributed by atoms with Crippen LogP contribution in [0.25, 0.3) is 11.3 Å². The monoisotopic (exact) mass is 473 g/mol. The highest BCUT2D eigenvalue weighted by molar-refractivity contribution is 9.10. The van der Waals surface area contributed by atoms with Gasteiger partial charge in [0.2, 0.25) is 0 Å². The fourth-order valence-electron chi connectivity index (χ4n) is 2.85. The normalized spacial score (nSPS) is 10.8. The van der Waals surface area contributed by atoms with Crippen molar-refractivity contribution in [1.29, 1.82) is 0 Å². The number of ether oxygens (including phenoxy) is 1. The number of furan rings is 1. The zero-order valence-electron chi connectivity index (χ0n) is 15.5. The van der Waals surface area contributed by atoms with E-state index in [0.29, 0.717) is 28.3 Å². The first-order valence-electron chi connectivity index (χ1n) is 8.99. The number of halogens is 4. The molecule has 0 fully saturated rings. The molecule has 0 aliphatic carbocycles. The molecule has 0 saturated heterocycles. The highest BCUT2D eigenvalue weighted by Gasteiger charge is 2.14. The van der Waals surface area contributed by atoms with Gasteiger partial charge in [0.05, 0.1) is 16.6 Å². The van der Waals surface area contributed by atoms with Crippen molar-refractivity contribution in [1.82, 2.24) is 0 Å². The largest absolute Gasteiger partial charge is 0.459 e. The van der Waals surface area contributed by atoms with E-state index in [-0.39, 0.29) is 17.1 Å². The van der Waals surface area contributed by atoms with Crippen LogP contribution >= 0.6 is 15.9 Å². The number of nitrogens with one attached hydrogen (secondary N) is 1. The van der Waals surface area contributed by atoms with E-state index in [2.05, 4.69) is 21.2 Å². The van der Waals surface area contributed by atoms with E-state index < -0.39 is 11.6 Å². The molecule has 0 spiro atoms. The third kappa shape index (κ3) is 4.52. The van der Waals surface area contributed by atoms with Crippen molar-refractivity contribution < 1.29 is 22.3 Å². The smallest absolute Gasteiger partial charge is 0.140 e. The van der Waals surface area contributed by atoms with Crippen LogP contribution in [0, 0.1) is 17.5 Å². The highest BCUT2D eigenvalue weighted by atomic mass is 79.9. The molecule has 0 aliphatic heterocycles. The molecule has 7 heteroatoms. The summed E-state index contributed by atoms with van der Waals surface area (Å²) in [6.45, 7) is 0.335. The minimum atomic E-state index is -0.673. The second-order valence-electron chi connectivity index (χ2n) is 6.42. The molecule has 0 unspecified atom stereocenters. The Bertz CT molecular complexity index is 1160. The number of rotatable bonds is 6. The topological polar surface area (TPSA) is 34.4 Å². The Morgan fingerprint density at radius 3 is 2.20 bits per heavy atom. The van der Waals surface area contributed by atoms with Gasteiger partial charge < -0.3 is 14.5 Å². The first kappa shape index (κ1) is 20.1. The van der Waals surface area contributed by atoms with Crippen LogP contribution in [-0.4, -0.2) is 0 Å². The molecule has 0 bridgehead atoms. The quantitative estimate of drug-likeness (QED) is 0.314. The van der Waals surface area contributed by atoms with Gasteiger partial charge in [0.1, 0.15) is 40.5 Å². The average molecular weight is 474 g/mol. The van der Waals surface area contributed by atoms with E-state index in [9.17, 15) is 13.2 Å². The Balaban J connectivity index is 1.39. The first-order valence-corrected chi connectivity index (χ1v) is 9.79. The summed E-state index contributed by atoms with van der Waals surface area (Å²) in [4.78, 5) is 0. The zero-order chi connectivity index (χ0) is 21.1. The van der Waals surface area contributed by atoms with Gasteiger partial charge in [-0.1, -0.05) is 6.07 Å². The zero-order valence-corrected chi connectivity index (χ0v) is 17.0. The van der Waals surface area contributed by atoms with Crippen LogP contribution in [0.4, 0.5) is 18.9 Å². The van der Waals surface area contributed by atoms with Crippen molar-refractivity contribution >= 4 is 21.6 Å². The van der Waals surface area contributed by atoms with Crippen molar-refractivity contribution in [3.63, 3.8) is 0 Å². The lowest BCUT2D eigenvalue weighted by molar-refractivity contribution is 0.480. The molecule has 4 aromatic rings. The summed E-state index contributed by atoms with van der Waals surface area (Å²) >= 11 is 3.12. The fourth-order valence-corrected chi connectivity index (χ4v) is 3.20.